The van der Waals surface area contributed by atoms with Gasteiger partial charge in [-0.25, -0.2) is 4.79 Å². The summed E-state index contributed by atoms with van der Waals surface area (Å²) >= 11 is 0. The molecule has 0 amide bonds. The van der Waals surface area contributed by atoms with Crippen molar-refractivity contribution in [1.29, 1.82) is 0 Å². The molecule has 4 nitrogen and oxygen atoms in total. The third kappa shape index (κ3) is 5.35. The molecule has 26 heavy (non-hydrogen) atoms. The molecule has 1 N–H and O–H groups in total. The Kier molecular flexibility index (Phi) is 7.70. The van der Waals surface area contributed by atoms with Crippen molar-refractivity contribution in [3.63, 3.8) is 0 Å². The monoisotopic (exact) mass is 373 g/mol. The Morgan fingerprint density at radius 1 is 1.08 bits per heavy atom. The fraction of sp³-hybridized carbons (Fsp3) is 0.286. The predicted octanol–water partition coefficient (Wildman–Crippen LogP) is 5.05. The molecule has 2 aromatic carbocycles. The van der Waals surface area contributed by atoms with Gasteiger partial charge < -0.3 is 9.84 Å². The minimum absolute atomic E-state index is 0. The van der Waals surface area contributed by atoms with Crippen LogP contribution in [0, 0.1) is 0 Å². The third-order valence-electron chi connectivity index (χ3n) is 4.47. The zero-order valence-corrected chi connectivity index (χ0v) is 15.4. The normalized spacial score (nSPS) is 16.5. The van der Waals surface area contributed by atoms with Crippen molar-refractivity contribution in [1.82, 2.24) is 4.90 Å². The van der Waals surface area contributed by atoms with E-state index in [1.807, 2.05) is 36.4 Å². The Morgan fingerprint density at radius 2 is 1.65 bits per heavy atom. The van der Waals surface area contributed by atoms with Crippen LogP contribution in [0.3, 0.4) is 0 Å². The van der Waals surface area contributed by atoms with Gasteiger partial charge in [-0.3, -0.25) is 4.90 Å². The third-order valence-corrected chi connectivity index (χ3v) is 4.47. The van der Waals surface area contributed by atoms with Crippen LogP contribution in [0.15, 0.2) is 66.7 Å². The molecule has 0 aromatic heterocycles. The first kappa shape index (κ1) is 20.0. The van der Waals surface area contributed by atoms with Gasteiger partial charge >= 0.3 is 6.16 Å². The van der Waals surface area contributed by atoms with Crippen LogP contribution in [0.25, 0.3) is 5.57 Å². The average Bonchev–Trinajstić information content (AvgIpc) is 3.06. The Balaban J connectivity index is 0.00000243. The molecule has 0 aliphatic carbocycles. The van der Waals surface area contributed by atoms with E-state index in [-0.39, 0.29) is 18.6 Å². The number of likely N-dealkylation sites (tertiary alicyclic amines) is 1. The lowest BCUT2D eigenvalue weighted by Crippen LogP contribution is -2.33. The second-order valence-electron chi connectivity index (χ2n) is 6.16. The van der Waals surface area contributed by atoms with Crippen LogP contribution in [0.5, 0.6) is 0 Å². The molecule has 2 aromatic rings. The summed E-state index contributed by atoms with van der Waals surface area (Å²) in [6.45, 7) is 1.68. The van der Waals surface area contributed by atoms with Crippen LogP contribution in [-0.2, 0) is 4.74 Å². The number of carboxylic acid groups (broad SMARTS) is 1. The largest absolute Gasteiger partial charge is 0.507 e. The first-order valence-electron chi connectivity index (χ1n) is 8.68. The first-order chi connectivity index (χ1) is 12.2. The summed E-state index contributed by atoms with van der Waals surface area (Å²) in [6, 6.07) is 20.7. The average molecular weight is 374 g/mol. The molecule has 1 aliphatic heterocycles. The molecule has 0 spiro atoms. The topological polar surface area (TPSA) is 49.8 Å². The van der Waals surface area contributed by atoms with Gasteiger partial charge in [0.2, 0.25) is 0 Å². The van der Waals surface area contributed by atoms with E-state index in [0.29, 0.717) is 0 Å². The number of rotatable bonds is 6. The quantitative estimate of drug-likeness (QED) is 0.720. The smallest absolute Gasteiger partial charge is 0.450 e. The highest BCUT2D eigenvalue weighted by molar-refractivity contribution is 5.85. The zero-order valence-electron chi connectivity index (χ0n) is 14.6. The molecule has 1 saturated heterocycles. The molecule has 1 fully saturated rings. The maximum atomic E-state index is 10.8. The number of halogens is 1. The van der Waals surface area contributed by atoms with Crippen LogP contribution in [0.2, 0.25) is 0 Å². The maximum Gasteiger partial charge on any atom is 0.507 e. The molecule has 1 atom stereocenters. The first-order valence-corrected chi connectivity index (χ1v) is 8.68. The summed E-state index contributed by atoms with van der Waals surface area (Å²) in [6.07, 6.45) is 3.34. The van der Waals surface area contributed by atoms with E-state index in [0.717, 1.165) is 32.4 Å². The SMILES string of the molecule is Cl.O=C(O)O[C@H]1CCCN1CCC=C(c1ccccc1)c1ccccc1. The van der Waals surface area contributed by atoms with E-state index in [4.69, 9.17) is 9.84 Å². The lowest BCUT2D eigenvalue weighted by atomic mass is 9.97. The lowest BCUT2D eigenvalue weighted by molar-refractivity contribution is -0.0127. The molecule has 138 valence electrons. The maximum absolute atomic E-state index is 10.8. The number of nitrogens with zero attached hydrogens (tertiary/aromatic N) is 1. The van der Waals surface area contributed by atoms with Gasteiger partial charge in [0.05, 0.1) is 0 Å². The van der Waals surface area contributed by atoms with Gasteiger partial charge in [-0.15, -0.1) is 12.4 Å². The Morgan fingerprint density at radius 3 is 2.19 bits per heavy atom. The minimum Gasteiger partial charge on any atom is -0.450 e. The summed E-state index contributed by atoms with van der Waals surface area (Å²) in [5.41, 5.74) is 3.58. The van der Waals surface area contributed by atoms with E-state index in [1.54, 1.807) is 0 Å². The molecule has 0 unspecified atom stereocenters. The number of ether oxygens (including phenoxy) is 1. The van der Waals surface area contributed by atoms with Crippen molar-refractivity contribution < 1.29 is 14.6 Å². The van der Waals surface area contributed by atoms with Gasteiger partial charge in [0.1, 0.15) is 0 Å². The van der Waals surface area contributed by atoms with E-state index in [2.05, 4.69) is 35.2 Å². The van der Waals surface area contributed by atoms with Crippen molar-refractivity contribution in [2.45, 2.75) is 25.5 Å². The summed E-state index contributed by atoms with van der Waals surface area (Å²) in [4.78, 5) is 12.9. The van der Waals surface area contributed by atoms with Crippen molar-refractivity contribution in [2.75, 3.05) is 13.1 Å². The van der Waals surface area contributed by atoms with E-state index in [9.17, 15) is 4.79 Å². The van der Waals surface area contributed by atoms with Crippen molar-refractivity contribution in [3.8, 4) is 0 Å². The molecule has 5 heteroatoms. The van der Waals surface area contributed by atoms with E-state index in [1.165, 1.54) is 16.7 Å². The number of hydrogen-bond acceptors (Lipinski definition) is 3. The van der Waals surface area contributed by atoms with Crippen molar-refractivity contribution >= 4 is 24.1 Å². The highest BCUT2D eigenvalue weighted by Crippen LogP contribution is 2.25. The highest BCUT2D eigenvalue weighted by Gasteiger charge is 2.26. The number of benzene rings is 2. The lowest BCUT2D eigenvalue weighted by Gasteiger charge is -2.22. The minimum atomic E-state index is -1.19. The van der Waals surface area contributed by atoms with Crippen LogP contribution >= 0.6 is 12.4 Å². The fourth-order valence-corrected chi connectivity index (χ4v) is 3.31. The van der Waals surface area contributed by atoms with Crippen molar-refractivity contribution in [3.05, 3.63) is 77.9 Å². The van der Waals surface area contributed by atoms with Crippen LogP contribution in [0.1, 0.15) is 30.4 Å². The van der Waals surface area contributed by atoms with Gasteiger partial charge in [-0.2, -0.15) is 0 Å². The summed E-state index contributed by atoms with van der Waals surface area (Å²) in [7, 11) is 0. The molecule has 0 radical (unpaired) electrons. The standard InChI is InChI=1S/C21H23NO3.ClH/c23-21(24)25-20-14-8-16-22(20)15-7-13-19(17-9-3-1-4-10-17)18-11-5-2-6-12-18;/h1-6,9-13,20H,7-8,14-16H2,(H,23,24);1H/t20-;/m0./s1. The van der Waals surface area contributed by atoms with Crippen LogP contribution < -0.4 is 0 Å². The van der Waals surface area contributed by atoms with Crippen molar-refractivity contribution in [2.24, 2.45) is 0 Å². The van der Waals surface area contributed by atoms with Crippen LogP contribution in [-0.4, -0.2) is 35.5 Å². The summed E-state index contributed by atoms with van der Waals surface area (Å²) in [5, 5.41) is 8.84. The molecular weight excluding hydrogens is 350 g/mol. The van der Waals surface area contributed by atoms with Gasteiger partial charge in [-0.05, 0) is 36.0 Å². The molecule has 1 heterocycles. The van der Waals surface area contributed by atoms with Gasteiger partial charge in [-0.1, -0.05) is 66.7 Å². The van der Waals surface area contributed by atoms with Gasteiger partial charge in [0.15, 0.2) is 6.23 Å². The summed E-state index contributed by atoms with van der Waals surface area (Å²) < 4.78 is 4.97. The Hall–Kier alpha value is -2.30. The molecule has 0 bridgehead atoms. The fourth-order valence-electron chi connectivity index (χ4n) is 3.31. The van der Waals surface area contributed by atoms with Gasteiger partial charge in [0, 0.05) is 13.1 Å². The molecule has 3 rings (SSSR count). The van der Waals surface area contributed by atoms with Gasteiger partial charge in [0.25, 0.3) is 0 Å². The predicted molar refractivity (Wildman–Crippen MR) is 106 cm³/mol. The molecule has 0 saturated carbocycles. The Bertz CT molecular complexity index is 677. The molecular formula is C21H24ClNO3. The van der Waals surface area contributed by atoms with Crippen LogP contribution in [0.4, 0.5) is 4.79 Å². The van der Waals surface area contributed by atoms with E-state index < -0.39 is 6.16 Å². The second-order valence-corrected chi connectivity index (χ2v) is 6.16. The Labute approximate surface area is 160 Å². The molecule has 1 aliphatic rings. The summed E-state index contributed by atoms with van der Waals surface area (Å²) in [5.74, 6) is 0. The van der Waals surface area contributed by atoms with E-state index >= 15 is 0 Å². The number of hydrogen-bond donors (Lipinski definition) is 1. The highest BCUT2D eigenvalue weighted by atomic mass is 35.5. The second kappa shape index (κ2) is 10.00. The number of carbonyl (C=O) groups is 1. The zero-order chi connectivity index (χ0) is 17.5.